The van der Waals surface area contributed by atoms with Crippen molar-refractivity contribution in [3.63, 3.8) is 0 Å². The summed E-state index contributed by atoms with van der Waals surface area (Å²) in [6.07, 6.45) is -4.09. The minimum absolute atomic E-state index is 0.211. The topological polar surface area (TPSA) is 81.0 Å². The molecule has 4 aromatic rings. The molecule has 2 aromatic carbocycles. The molecule has 1 unspecified atom stereocenters. The Kier molecular flexibility index (Phi) is 6.31. The van der Waals surface area contributed by atoms with Crippen molar-refractivity contribution in [1.29, 1.82) is 0 Å². The van der Waals surface area contributed by atoms with Crippen LogP contribution in [0.15, 0.2) is 51.8 Å². The number of rotatable bonds is 6. The maximum absolute atomic E-state index is 12.8. The molecule has 0 aliphatic carbocycles. The predicted molar refractivity (Wildman–Crippen MR) is 119 cm³/mol. The van der Waals surface area contributed by atoms with Crippen LogP contribution in [0.3, 0.4) is 0 Å². The quantitative estimate of drug-likeness (QED) is 0.323. The minimum Gasteiger partial charge on any atom is -0.485 e. The smallest absolute Gasteiger partial charge is 0.439 e. The van der Waals surface area contributed by atoms with Gasteiger partial charge in [0.25, 0.3) is 0 Å². The predicted octanol–water partition coefficient (Wildman–Crippen LogP) is 6.66. The van der Waals surface area contributed by atoms with Crippen molar-refractivity contribution in [2.75, 3.05) is 0 Å². The van der Waals surface area contributed by atoms with E-state index in [1.807, 2.05) is 13.8 Å². The summed E-state index contributed by atoms with van der Waals surface area (Å²) in [5, 5.41) is 4.56. The monoisotopic (exact) mass is 495 g/mol. The molecule has 2 aromatic heterocycles. The molecule has 0 fully saturated rings. The average Bonchev–Trinajstić information content (AvgIpc) is 3.37. The first-order chi connectivity index (χ1) is 15.7. The van der Waals surface area contributed by atoms with Crippen molar-refractivity contribution in [1.82, 2.24) is 15.1 Å². The Hall–Kier alpha value is -3.11. The van der Waals surface area contributed by atoms with Crippen molar-refractivity contribution in [3.8, 4) is 27.7 Å². The number of ether oxygens (including phenoxy) is 1. The second-order valence-corrected chi connectivity index (χ2v) is 8.58. The number of hydrogen-bond acceptors (Lipinski definition) is 6. The molecule has 0 spiro atoms. The third kappa shape index (κ3) is 4.96. The minimum atomic E-state index is -4.39. The Morgan fingerprint density at radius 2 is 1.94 bits per heavy atom. The molecule has 33 heavy (non-hydrogen) atoms. The lowest BCUT2D eigenvalue weighted by Crippen LogP contribution is -2.06. The Labute approximate surface area is 195 Å². The van der Waals surface area contributed by atoms with Gasteiger partial charge in [-0.05, 0) is 43.7 Å². The normalized spacial score (nSPS) is 12.7. The van der Waals surface area contributed by atoms with Crippen molar-refractivity contribution >= 4 is 22.9 Å². The molecule has 0 aliphatic rings. The Bertz CT molecular complexity index is 1330. The molecule has 0 aliphatic heterocycles. The summed E-state index contributed by atoms with van der Waals surface area (Å²) in [6, 6.07) is 9.89. The molecule has 0 radical (unpaired) electrons. The average molecular weight is 496 g/mol. The summed E-state index contributed by atoms with van der Waals surface area (Å²) >= 11 is 7.70. The van der Waals surface area contributed by atoms with Gasteiger partial charge in [0.15, 0.2) is 5.82 Å². The van der Waals surface area contributed by atoms with Crippen LogP contribution in [0.4, 0.5) is 13.2 Å². The summed E-state index contributed by atoms with van der Waals surface area (Å²) in [5.41, 5.74) is 1.13. The van der Waals surface area contributed by atoms with E-state index in [1.165, 1.54) is 23.5 Å². The van der Waals surface area contributed by atoms with Crippen LogP contribution in [0, 0.1) is 6.92 Å². The third-order valence-electron chi connectivity index (χ3n) is 4.87. The van der Waals surface area contributed by atoms with Crippen molar-refractivity contribution in [2.45, 2.75) is 32.5 Å². The fourth-order valence-electron chi connectivity index (χ4n) is 3.23. The first-order valence-electron chi connectivity index (χ1n) is 9.83. The van der Waals surface area contributed by atoms with Crippen LogP contribution in [-0.2, 0) is 6.18 Å². The Balaban J connectivity index is 1.56. The summed E-state index contributed by atoms with van der Waals surface area (Å²) in [4.78, 5) is 19.0. The molecule has 0 saturated carbocycles. The second-order valence-electron chi connectivity index (χ2n) is 7.14. The highest BCUT2D eigenvalue weighted by Crippen LogP contribution is 2.38. The van der Waals surface area contributed by atoms with E-state index in [1.54, 1.807) is 18.2 Å². The maximum atomic E-state index is 12.8. The summed E-state index contributed by atoms with van der Waals surface area (Å²) in [7, 11) is 0. The van der Waals surface area contributed by atoms with Crippen molar-refractivity contribution < 1.29 is 22.4 Å². The van der Waals surface area contributed by atoms with Gasteiger partial charge in [-0.25, -0.2) is 9.78 Å². The summed E-state index contributed by atoms with van der Waals surface area (Å²) in [6.45, 7) is 3.79. The van der Waals surface area contributed by atoms with E-state index < -0.39 is 17.5 Å². The molecule has 0 saturated heterocycles. The largest absolute Gasteiger partial charge is 0.485 e. The van der Waals surface area contributed by atoms with Crippen LogP contribution >= 0.6 is 22.9 Å². The van der Waals surface area contributed by atoms with Crippen molar-refractivity contribution in [2.24, 2.45) is 0 Å². The number of aromatic nitrogens is 3. The van der Waals surface area contributed by atoms with Gasteiger partial charge in [-0.1, -0.05) is 35.8 Å². The Morgan fingerprint density at radius 1 is 1.21 bits per heavy atom. The van der Waals surface area contributed by atoms with Gasteiger partial charge in [0.05, 0.1) is 21.2 Å². The highest BCUT2D eigenvalue weighted by Gasteiger charge is 2.30. The number of hydrogen-bond donors (Lipinski definition) is 1. The number of nitrogens with one attached hydrogen (secondary N) is 1. The number of H-pyrrole nitrogens is 1. The van der Waals surface area contributed by atoms with Crippen molar-refractivity contribution in [3.05, 3.63) is 74.2 Å². The lowest BCUT2D eigenvalue weighted by atomic mass is 10.1. The third-order valence-corrected chi connectivity index (χ3v) is 6.48. The highest BCUT2D eigenvalue weighted by molar-refractivity contribution is 7.15. The number of benzene rings is 2. The van der Waals surface area contributed by atoms with E-state index in [4.69, 9.17) is 16.3 Å². The molecular formula is C22H17ClF3N3O3S. The van der Waals surface area contributed by atoms with Crippen LogP contribution in [0.2, 0.25) is 5.02 Å². The van der Waals surface area contributed by atoms with E-state index in [9.17, 15) is 18.0 Å². The number of aryl methyl sites for hydroxylation is 1. The number of thiazole rings is 1. The van der Waals surface area contributed by atoms with E-state index >= 15 is 0 Å². The standard InChI is InChI=1S/C22H17ClF3N3O3S/c1-3-17(31-14-8-9-15(16(23)10-14)19-28-21(30)32-29-19)18-11(2)27-20(33-18)12-4-6-13(7-5-12)22(24,25)26/h4-10,17H,3H2,1-2H3,(H,28,29,30). The number of nitrogens with zero attached hydrogens (tertiary/aromatic N) is 2. The molecule has 2 heterocycles. The van der Waals surface area contributed by atoms with Gasteiger partial charge in [-0.15, -0.1) is 11.3 Å². The van der Waals surface area contributed by atoms with Gasteiger partial charge in [-0.2, -0.15) is 13.2 Å². The molecule has 4 rings (SSSR count). The van der Waals surface area contributed by atoms with Gasteiger partial charge in [0.2, 0.25) is 0 Å². The number of aromatic amines is 1. The van der Waals surface area contributed by atoms with Crippen LogP contribution in [0.1, 0.15) is 35.6 Å². The first-order valence-corrected chi connectivity index (χ1v) is 11.0. The van der Waals surface area contributed by atoms with E-state index in [0.29, 0.717) is 33.3 Å². The van der Waals surface area contributed by atoms with E-state index in [-0.39, 0.29) is 11.9 Å². The van der Waals surface area contributed by atoms with Gasteiger partial charge in [-0.3, -0.25) is 9.51 Å². The fraction of sp³-hybridized carbons (Fsp3) is 0.227. The zero-order chi connectivity index (χ0) is 23.8. The zero-order valence-corrected chi connectivity index (χ0v) is 18.9. The molecule has 6 nitrogen and oxygen atoms in total. The lowest BCUT2D eigenvalue weighted by Gasteiger charge is -2.17. The Morgan fingerprint density at radius 3 is 2.52 bits per heavy atom. The van der Waals surface area contributed by atoms with Gasteiger partial charge in [0.1, 0.15) is 16.9 Å². The molecule has 1 atom stereocenters. The maximum Gasteiger partial charge on any atom is 0.439 e. The van der Waals surface area contributed by atoms with Crippen LogP contribution in [0.5, 0.6) is 5.75 Å². The second kappa shape index (κ2) is 9.03. The molecule has 172 valence electrons. The van der Waals surface area contributed by atoms with Gasteiger partial charge < -0.3 is 4.74 Å². The van der Waals surface area contributed by atoms with Crippen LogP contribution < -0.4 is 10.5 Å². The van der Waals surface area contributed by atoms with Gasteiger partial charge >= 0.3 is 11.9 Å². The van der Waals surface area contributed by atoms with E-state index in [2.05, 4.69) is 19.6 Å². The summed E-state index contributed by atoms with van der Waals surface area (Å²) in [5.74, 6) is 0.0327. The lowest BCUT2D eigenvalue weighted by molar-refractivity contribution is -0.137. The first kappa shape index (κ1) is 23.1. The van der Waals surface area contributed by atoms with Crippen LogP contribution in [-0.4, -0.2) is 15.1 Å². The fourth-order valence-corrected chi connectivity index (χ4v) is 4.67. The molecule has 11 heteroatoms. The molecule has 0 bridgehead atoms. The highest BCUT2D eigenvalue weighted by atomic mass is 35.5. The van der Waals surface area contributed by atoms with Gasteiger partial charge in [0, 0.05) is 11.1 Å². The van der Waals surface area contributed by atoms with Crippen LogP contribution in [0.25, 0.3) is 22.0 Å². The zero-order valence-electron chi connectivity index (χ0n) is 17.4. The number of halogens is 4. The number of alkyl halides is 3. The molecular weight excluding hydrogens is 479 g/mol. The molecule has 1 N–H and O–H groups in total. The van der Waals surface area contributed by atoms with E-state index in [0.717, 1.165) is 22.7 Å². The summed E-state index contributed by atoms with van der Waals surface area (Å²) < 4.78 is 49.2. The SMILES string of the molecule is CCC(Oc1ccc(-c2noc(=O)[nH]2)c(Cl)c1)c1sc(-c2ccc(C(F)(F)F)cc2)nc1C. The molecule has 0 amide bonds.